The van der Waals surface area contributed by atoms with Crippen LogP contribution in [0.25, 0.3) is 17.5 Å². The average molecular weight is 410 g/mol. The van der Waals surface area contributed by atoms with E-state index in [-0.39, 0.29) is 28.1 Å². The molecule has 0 saturated carbocycles. The Morgan fingerprint density at radius 1 is 1.00 bits per heavy atom. The van der Waals surface area contributed by atoms with Crippen LogP contribution in [-0.2, 0) is 11.3 Å². The van der Waals surface area contributed by atoms with E-state index in [0.29, 0.717) is 23.9 Å². The highest BCUT2D eigenvalue weighted by atomic mass is 32.1. The topological polar surface area (TPSA) is 61.9 Å². The molecule has 0 unspecified atom stereocenters. The Morgan fingerprint density at radius 3 is 2.34 bits per heavy atom. The first-order valence-corrected chi connectivity index (χ1v) is 9.90. The van der Waals surface area contributed by atoms with Crippen molar-refractivity contribution in [2.24, 2.45) is 0 Å². The van der Waals surface area contributed by atoms with E-state index in [1.807, 2.05) is 55.2 Å². The minimum atomic E-state index is -0.290. The fourth-order valence-electron chi connectivity index (χ4n) is 3.78. The third kappa shape index (κ3) is 2.74. The largest absolute Gasteiger partial charge is 0.430 e. The van der Waals surface area contributed by atoms with Crippen molar-refractivity contribution >= 4 is 46.4 Å². The molecule has 4 rings (SSSR count). The van der Waals surface area contributed by atoms with Crippen molar-refractivity contribution in [1.82, 2.24) is 14.4 Å². The van der Waals surface area contributed by atoms with Crippen LogP contribution in [0.1, 0.15) is 19.4 Å². The van der Waals surface area contributed by atoms with Crippen molar-refractivity contribution < 1.29 is 9.21 Å². The van der Waals surface area contributed by atoms with Gasteiger partial charge in [-0.1, -0.05) is 24.3 Å². The molecular formula is C21H22N4O3S. The molecule has 0 bridgehead atoms. The number of likely N-dealkylation sites (N-methyl/N-ethyl adjacent to an activating group) is 3. The van der Waals surface area contributed by atoms with Gasteiger partial charge in [-0.15, -0.1) is 0 Å². The number of anilines is 1. The van der Waals surface area contributed by atoms with E-state index in [2.05, 4.69) is 0 Å². The highest BCUT2D eigenvalue weighted by Gasteiger charge is 2.36. The van der Waals surface area contributed by atoms with Crippen LogP contribution in [0.4, 0.5) is 5.69 Å². The molecule has 1 saturated heterocycles. The molecule has 7 nitrogen and oxygen atoms in total. The molecular weight excluding hydrogens is 388 g/mol. The zero-order chi connectivity index (χ0) is 20.9. The molecule has 0 atom stereocenters. The summed E-state index contributed by atoms with van der Waals surface area (Å²) in [6.45, 7) is 4.91. The Bertz CT molecular complexity index is 1240. The number of carbonyl (C=O) groups excluding carboxylic acids is 1. The number of thiocarbonyl (C=S) groups is 1. The van der Waals surface area contributed by atoms with Gasteiger partial charge in [0, 0.05) is 32.9 Å². The van der Waals surface area contributed by atoms with Crippen LogP contribution < -0.4 is 21.4 Å². The quantitative estimate of drug-likeness (QED) is 0.687. The summed E-state index contributed by atoms with van der Waals surface area (Å²) in [5.41, 5.74) is 3.20. The number of nitrogens with zero attached hydrogens (tertiary/aromatic N) is 4. The summed E-state index contributed by atoms with van der Waals surface area (Å²) in [4.78, 5) is 31.0. The highest BCUT2D eigenvalue weighted by molar-refractivity contribution is 7.80. The van der Waals surface area contributed by atoms with E-state index in [1.165, 1.54) is 9.47 Å². The number of benzene rings is 1. The number of hydrogen-bond donors (Lipinski definition) is 0. The molecule has 8 heteroatoms. The fourth-order valence-corrected chi connectivity index (χ4v) is 3.96. The van der Waals surface area contributed by atoms with Gasteiger partial charge in [-0.3, -0.25) is 19.1 Å². The van der Waals surface area contributed by atoms with Crippen molar-refractivity contribution in [2.75, 3.05) is 25.5 Å². The van der Waals surface area contributed by atoms with Gasteiger partial charge >= 0.3 is 0 Å². The number of carbonyl (C=O) groups is 1. The van der Waals surface area contributed by atoms with Gasteiger partial charge in [-0.25, -0.2) is 0 Å². The van der Waals surface area contributed by atoms with Crippen LogP contribution in [0.3, 0.4) is 0 Å². The summed E-state index contributed by atoms with van der Waals surface area (Å²) < 4.78 is 7.56. The van der Waals surface area contributed by atoms with E-state index in [0.717, 1.165) is 11.3 Å². The molecule has 0 spiro atoms. The first-order valence-electron chi connectivity index (χ1n) is 9.49. The maximum Gasteiger partial charge on any atom is 0.298 e. The summed E-state index contributed by atoms with van der Waals surface area (Å²) in [5, 5.41) is 0.368. The van der Waals surface area contributed by atoms with E-state index in [9.17, 15) is 9.59 Å². The van der Waals surface area contributed by atoms with Crippen molar-refractivity contribution in [3.63, 3.8) is 0 Å². The van der Waals surface area contributed by atoms with Gasteiger partial charge in [-0.05, 0) is 43.8 Å². The van der Waals surface area contributed by atoms with Gasteiger partial charge in [0.1, 0.15) is 0 Å². The lowest BCUT2D eigenvalue weighted by Gasteiger charge is -2.28. The Morgan fingerprint density at radius 2 is 1.72 bits per heavy atom. The maximum absolute atomic E-state index is 13.2. The molecule has 3 heterocycles. The van der Waals surface area contributed by atoms with Gasteiger partial charge < -0.3 is 14.2 Å². The number of aromatic nitrogens is 1. The van der Waals surface area contributed by atoms with Crippen molar-refractivity contribution in [3.05, 3.63) is 57.2 Å². The van der Waals surface area contributed by atoms with Crippen molar-refractivity contribution in [1.29, 1.82) is 0 Å². The Hall–Kier alpha value is -3.13. The average Bonchev–Trinajstić information content (AvgIpc) is 3.15. The summed E-state index contributed by atoms with van der Waals surface area (Å²) in [5.74, 6) is -0.290. The summed E-state index contributed by atoms with van der Waals surface area (Å²) in [6.07, 6.45) is 3.86. The minimum absolute atomic E-state index is 0.212. The van der Waals surface area contributed by atoms with Crippen molar-refractivity contribution in [3.8, 4) is 0 Å². The molecule has 0 radical (unpaired) electrons. The van der Waals surface area contributed by atoms with Crippen LogP contribution in [-0.4, -0.2) is 46.0 Å². The Balaban J connectivity index is 2.07. The lowest BCUT2D eigenvalue weighted by Crippen LogP contribution is -2.37. The lowest BCUT2D eigenvalue weighted by molar-refractivity contribution is -0.120. The highest BCUT2D eigenvalue weighted by Crippen LogP contribution is 2.30. The molecule has 2 aliphatic heterocycles. The Kier molecular flexibility index (Phi) is 4.66. The number of para-hydroxylation sites is 1. The number of rotatable bonds is 2. The maximum atomic E-state index is 13.2. The van der Waals surface area contributed by atoms with Crippen molar-refractivity contribution in [2.45, 2.75) is 20.4 Å². The van der Waals surface area contributed by atoms with E-state index >= 15 is 0 Å². The first-order chi connectivity index (χ1) is 13.9. The van der Waals surface area contributed by atoms with E-state index in [1.54, 1.807) is 19.0 Å². The third-order valence-corrected chi connectivity index (χ3v) is 5.85. The fraction of sp³-hybridized carbons (Fsp3) is 0.286. The standard InChI is InChI=1S/C21H22N4O3S/c1-5-24-14-10-8-7-9-13(14)11-12-15(24)17-19(27)25(6-2)20(28-17)16-18(26)23(4)21(29)22(16)3/h7-12H,5-6H2,1-4H3/b17-15+,20-16+. The van der Waals surface area contributed by atoms with Gasteiger partial charge in [0.25, 0.3) is 11.5 Å². The summed E-state index contributed by atoms with van der Waals surface area (Å²) >= 11 is 5.30. The normalized spacial score (nSPS) is 20.1. The molecule has 1 aromatic heterocycles. The molecule has 2 aliphatic rings. The Labute approximate surface area is 173 Å². The van der Waals surface area contributed by atoms with Crippen LogP contribution >= 0.6 is 12.2 Å². The van der Waals surface area contributed by atoms with E-state index < -0.39 is 0 Å². The zero-order valence-electron chi connectivity index (χ0n) is 16.8. The second kappa shape index (κ2) is 7.04. The molecule has 0 aliphatic carbocycles. The van der Waals surface area contributed by atoms with Crippen LogP contribution in [0.2, 0.25) is 0 Å². The predicted octanol–water partition coefficient (Wildman–Crippen LogP) is 0.920. The van der Waals surface area contributed by atoms with Crippen LogP contribution in [0, 0.1) is 0 Å². The number of hydrogen-bond acceptors (Lipinski definition) is 5. The molecule has 1 amide bonds. The molecule has 1 aromatic carbocycles. The third-order valence-electron chi connectivity index (χ3n) is 5.31. The minimum Gasteiger partial charge on any atom is -0.430 e. The van der Waals surface area contributed by atoms with E-state index in [4.69, 9.17) is 16.6 Å². The number of fused-ring (bicyclic) bond motifs is 1. The molecule has 1 fully saturated rings. The van der Waals surface area contributed by atoms with Gasteiger partial charge in [0.2, 0.25) is 11.0 Å². The molecule has 29 heavy (non-hydrogen) atoms. The zero-order valence-corrected chi connectivity index (χ0v) is 17.6. The summed E-state index contributed by atoms with van der Waals surface area (Å²) in [7, 11) is 3.31. The second-order valence-corrected chi connectivity index (χ2v) is 7.23. The van der Waals surface area contributed by atoms with Crippen LogP contribution in [0.5, 0.6) is 0 Å². The lowest BCUT2D eigenvalue weighted by atomic mass is 10.1. The smallest absolute Gasteiger partial charge is 0.298 e. The summed E-state index contributed by atoms with van der Waals surface area (Å²) in [6, 6.07) is 7.99. The molecule has 2 aromatic rings. The second-order valence-electron chi connectivity index (χ2n) is 6.86. The van der Waals surface area contributed by atoms with Gasteiger partial charge in [-0.2, -0.15) is 0 Å². The first kappa shape index (κ1) is 19.2. The molecule has 150 valence electrons. The van der Waals surface area contributed by atoms with Gasteiger partial charge in [0.15, 0.2) is 10.8 Å². The molecule has 0 N–H and O–H groups in total. The monoisotopic (exact) mass is 410 g/mol. The SMILES string of the molecule is CCN1/C(=c2/o/c(=C3\C(=O)N(C)C(=S)N3C)n(CC)c2=O)C=Cc2ccccc21. The number of amides is 1. The van der Waals surface area contributed by atoms with Crippen LogP contribution in [0.15, 0.2) is 39.6 Å². The van der Waals surface area contributed by atoms with Gasteiger partial charge in [0.05, 0.1) is 5.70 Å². The number of oxazole rings is 1. The predicted molar refractivity (Wildman–Crippen MR) is 116 cm³/mol.